The molecule has 0 aromatic carbocycles. The third-order valence-corrected chi connectivity index (χ3v) is 4.68. The fraction of sp³-hybridized carbons (Fsp3) is 0.100. The van der Waals surface area contributed by atoms with Crippen LogP contribution in [0, 0.1) is 0 Å². The molecule has 2 N–H and O–H groups in total. The summed E-state index contributed by atoms with van der Waals surface area (Å²) < 4.78 is 28.5. The number of rotatable bonds is 4. The molecule has 21 heavy (non-hydrogen) atoms. The van der Waals surface area contributed by atoms with E-state index in [9.17, 15) is 13.2 Å². The van der Waals surface area contributed by atoms with Crippen molar-refractivity contribution in [3.05, 3.63) is 33.4 Å². The summed E-state index contributed by atoms with van der Waals surface area (Å²) >= 11 is 6.19. The zero-order valence-electron chi connectivity index (χ0n) is 10.4. The Bertz CT molecular complexity index is 818. The summed E-state index contributed by atoms with van der Waals surface area (Å²) in [6.07, 6.45) is 2.53. The molecule has 0 saturated carbocycles. The van der Waals surface area contributed by atoms with Gasteiger partial charge in [0, 0.05) is 13.2 Å². The molecule has 11 heteroatoms. The Balaban J connectivity index is 2.38. The first kappa shape index (κ1) is 15.9. The van der Waals surface area contributed by atoms with Crippen LogP contribution in [0.5, 0.6) is 0 Å². The number of nitrogens with one attached hydrogen (secondary N) is 1. The lowest BCUT2D eigenvalue weighted by Gasteiger charge is -2.06. The molecule has 0 saturated heterocycles. The van der Waals surface area contributed by atoms with Crippen LogP contribution < -0.4 is 4.72 Å². The highest BCUT2D eigenvalue weighted by molar-refractivity contribution is 9.11. The van der Waals surface area contributed by atoms with Crippen LogP contribution in [-0.4, -0.2) is 34.0 Å². The molecule has 0 atom stereocenters. The molecule has 0 unspecified atom stereocenters. The first-order valence-electron chi connectivity index (χ1n) is 5.31. The van der Waals surface area contributed by atoms with Gasteiger partial charge in [-0.15, -0.1) is 0 Å². The molecule has 2 heterocycles. The number of carboxylic acid groups (broad SMARTS) is 1. The Morgan fingerprint density at radius 1 is 1.43 bits per heavy atom. The Hall–Kier alpha value is -1.46. The zero-order chi connectivity index (χ0) is 15.8. The van der Waals surface area contributed by atoms with Gasteiger partial charge in [0.25, 0.3) is 10.0 Å². The number of aromatic nitrogens is 3. The zero-order valence-corrected chi connectivity index (χ0v) is 14.4. The molecule has 0 aliphatic heterocycles. The first-order chi connectivity index (χ1) is 9.70. The van der Waals surface area contributed by atoms with E-state index in [1.165, 1.54) is 24.0 Å². The fourth-order valence-electron chi connectivity index (χ4n) is 1.50. The Morgan fingerprint density at radius 3 is 2.62 bits per heavy atom. The van der Waals surface area contributed by atoms with Gasteiger partial charge in [-0.05, 0) is 37.9 Å². The molecular weight excluding hydrogens is 432 g/mol. The van der Waals surface area contributed by atoms with Gasteiger partial charge in [-0.3, -0.25) is 4.72 Å². The molecule has 2 rings (SSSR count). The van der Waals surface area contributed by atoms with Gasteiger partial charge in [0.2, 0.25) is 0 Å². The molecule has 0 amide bonds. The summed E-state index contributed by atoms with van der Waals surface area (Å²) in [5, 5.41) is 8.94. The molecule has 0 aliphatic carbocycles. The number of halogens is 2. The maximum atomic E-state index is 12.2. The van der Waals surface area contributed by atoms with Crippen LogP contribution in [-0.2, 0) is 17.1 Å². The van der Waals surface area contributed by atoms with E-state index in [0.29, 0.717) is 4.60 Å². The maximum absolute atomic E-state index is 12.2. The predicted molar refractivity (Wildman–Crippen MR) is 80.6 cm³/mol. The van der Waals surface area contributed by atoms with Crippen molar-refractivity contribution in [1.29, 1.82) is 0 Å². The monoisotopic (exact) mass is 438 g/mol. The van der Waals surface area contributed by atoms with Gasteiger partial charge < -0.3 is 9.67 Å². The number of anilines is 1. The number of aryl methyl sites for hydroxylation is 1. The lowest BCUT2D eigenvalue weighted by Crippen LogP contribution is -2.14. The fourth-order valence-corrected chi connectivity index (χ4v) is 3.62. The number of carbonyl (C=O) groups is 1. The van der Waals surface area contributed by atoms with E-state index < -0.39 is 16.0 Å². The van der Waals surface area contributed by atoms with Crippen LogP contribution in [0.4, 0.5) is 5.82 Å². The smallest absolute Gasteiger partial charge is 0.352 e. The second-order valence-corrected chi connectivity index (χ2v) is 7.16. The summed E-state index contributed by atoms with van der Waals surface area (Å²) in [5.41, 5.74) is -0.142. The predicted octanol–water partition coefficient (Wildman–Crippen LogP) is 1.84. The molecular formula is C10H8Br2N4O4S. The van der Waals surface area contributed by atoms with Crippen LogP contribution in [0.2, 0.25) is 0 Å². The number of nitrogens with zero attached hydrogens (tertiary/aromatic N) is 3. The minimum atomic E-state index is -3.97. The number of carboxylic acids is 1. The average Bonchev–Trinajstić information content (AvgIpc) is 2.76. The van der Waals surface area contributed by atoms with Crippen molar-refractivity contribution >= 4 is 53.7 Å². The Kier molecular flexibility index (Phi) is 4.35. The van der Waals surface area contributed by atoms with Crippen LogP contribution in [0.3, 0.4) is 0 Å². The minimum absolute atomic E-state index is 0.000993. The van der Waals surface area contributed by atoms with Crippen molar-refractivity contribution in [2.45, 2.75) is 4.90 Å². The standard InChI is InChI=1S/C10H8Br2N4O4S/c1-16-4-5(2-6(16)10(17)18)21(19,20)15-9-8(12)14-7(11)3-13-9/h2-4H,1H3,(H,13,15)(H,17,18). The number of hydrogen-bond donors (Lipinski definition) is 2. The van der Waals surface area contributed by atoms with Crippen molar-refractivity contribution in [2.24, 2.45) is 7.05 Å². The molecule has 0 radical (unpaired) electrons. The summed E-state index contributed by atoms with van der Waals surface area (Å²) in [4.78, 5) is 18.6. The average molecular weight is 440 g/mol. The third kappa shape index (κ3) is 3.41. The van der Waals surface area contributed by atoms with Gasteiger partial charge >= 0.3 is 5.97 Å². The molecule has 2 aromatic heterocycles. The minimum Gasteiger partial charge on any atom is -0.477 e. The number of sulfonamides is 1. The lowest BCUT2D eigenvalue weighted by atomic mass is 10.4. The van der Waals surface area contributed by atoms with Crippen LogP contribution in [0.1, 0.15) is 10.5 Å². The first-order valence-corrected chi connectivity index (χ1v) is 8.38. The summed E-state index contributed by atoms with van der Waals surface area (Å²) in [6.45, 7) is 0. The van der Waals surface area contributed by atoms with Crippen molar-refractivity contribution in [2.75, 3.05) is 4.72 Å². The SMILES string of the molecule is Cn1cc(S(=O)(=O)Nc2ncc(Br)nc2Br)cc1C(=O)O. The van der Waals surface area contributed by atoms with Gasteiger partial charge in [-0.25, -0.2) is 23.2 Å². The normalized spacial score (nSPS) is 11.4. The van der Waals surface area contributed by atoms with Gasteiger partial charge in [-0.2, -0.15) is 0 Å². The highest BCUT2D eigenvalue weighted by Crippen LogP contribution is 2.23. The molecule has 0 aliphatic rings. The third-order valence-electron chi connectivity index (χ3n) is 2.44. The van der Waals surface area contributed by atoms with Gasteiger partial charge in [0.05, 0.1) is 6.20 Å². The molecule has 2 aromatic rings. The topological polar surface area (TPSA) is 114 Å². The van der Waals surface area contributed by atoms with E-state index in [-0.39, 0.29) is 21.0 Å². The van der Waals surface area contributed by atoms with Crippen molar-refractivity contribution in [1.82, 2.24) is 14.5 Å². The Morgan fingerprint density at radius 2 is 2.10 bits per heavy atom. The maximum Gasteiger partial charge on any atom is 0.352 e. The van der Waals surface area contributed by atoms with E-state index in [1.807, 2.05) is 0 Å². The summed E-state index contributed by atoms with van der Waals surface area (Å²) in [5.74, 6) is -1.22. The van der Waals surface area contributed by atoms with E-state index in [0.717, 1.165) is 6.07 Å². The highest BCUT2D eigenvalue weighted by Gasteiger charge is 2.22. The quantitative estimate of drug-likeness (QED) is 0.751. The van der Waals surface area contributed by atoms with Crippen LogP contribution in [0.25, 0.3) is 0 Å². The number of aromatic carboxylic acids is 1. The molecule has 0 fully saturated rings. The second-order valence-electron chi connectivity index (χ2n) is 3.91. The molecule has 8 nitrogen and oxygen atoms in total. The second kappa shape index (κ2) is 5.73. The lowest BCUT2D eigenvalue weighted by molar-refractivity contribution is 0.0686. The van der Waals surface area contributed by atoms with Crippen LogP contribution >= 0.6 is 31.9 Å². The van der Waals surface area contributed by atoms with Crippen molar-refractivity contribution < 1.29 is 18.3 Å². The summed E-state index contributed by atoms with van der Waals surface area (Å²) in [7, 11) is -2.52. The number of hydrogen-bond acceptors (Lipinski definition) is 5. The van der Waals surface area contributed by atoms with E-state index >= 15 is 0 Å². The van der Waals surface area contributed by atoms with Crippen molar-refractivity contribution in [3.63, 3.8) is 0 Å². The van der Waals surface area contributed by atoms with Gasteiger partial charge in [0.1, 0.15) is 15.2 Å². The van der Waals surface area contributed by atoms with E-state index in [2.05, 4.69) is 46.5 Å². The van der Waals surface area contributed by atoms with Crippen LogP contribution in [0.15, 0.2) is 32.6 Å². The highest BCUT2D eigenvalue weighted by atomic mass is 79.9. The summed E-state index contributed by atoms with van der Waals surface area (Å²) in [6, 6.07) is 1.06. The van der Waals surface area contributed by atoms with Gasteiger partial charge in [0.15, 0.2) is 10.4 Å². The molecule has 112 valence electrons. The van der Waals surface area contributed by atoms with Gasteiger partial charge in [-0.1, -0.05) is 0 Å². The van der Waals surface area contributed by atoms with Crippen molar-refractivity contribution in [3.8, 4) is 0 Å². The molecule has 0 spiro atoms. The molecule has 0 bridgehead atoms. The Labute approximate surface area is 136 Å². The largest absolute Gasteiger partial charge is 0.477 e. The van der Waals surface area contributed by atoms with E-state index in [4.69, 9.17) is 5.11 Å². The van der Waals surface area contributed by atoms with E-state index in [1.54, 1.807) is 0 Å².